The molecule has 0 spiro atoms. The van der Waals surface area contributed by atoms with Gasteiger partial charge in [0, 0.05) is 13.0 Å². The van der Waals surface area contributed by atoms with Crippen LogP contribution in [-0.2, 0) is 36.8 Å². The van der Waals surface area contributed by atoms with Gasteiger partial charge in [0.1, 0.15) is 6.04 Å². The van der Waals surface area contributed by atoms with E-state index < -0.39 is 23.9 Å². The fourth-order valence-electron chi connectivity index (χ4n) is 2.29. The van der Waals surface area contributed by atoms with Crippen molar-refractivity contribution in [1.82, 2.24) is 4.90 Å². The number of hydrogen-bond acceptors (Lipinski definition) is 5. The molecule has 0 aromatic heterocycles. The average Bonchev–Trinajstić information content (AvgIpc) is 2.51. The quantitative estimate of drug-likeness (QED) is 0.545. The Morgan fingerprint density at radius 3 is 2.35 bits per heavy atom. The molecule has 0 aliphatic carbocycles. The lowest BCUT2D eigenvalue weighted by Crippen LogP contribution is -2.51. The minimum absolute atomic E-state index is 0.184. The lowest BCUT2D eigenvalue weighted by atomic mass is 9.94. The predicted octanol–water partition coefficient (Wildman–Crippen LogP) is 0.286. The van der Waals surface area contributed by atoms with Crippen LogP contribution in [0.1, 0.15) is 11.1 Å². The Labute approximate surface area is 116 Å². The van der Waals surface area contributed by atoms with Crippen molar-refractivity contribution in [2.75, 3.05) is 14.2 Å². The monoisotopic (exact) mass is 277 g/mol. The second kappa shape index (κ2) is 5.73. The zero-order valence-electron chi connectivity index (χ0n) is 11.3. The van der Waals surface area contributed by atoms with Crippen molar-refractivity contribution in [2.45, 2.75) is 19.0 Å². The van der Waals surface area contributed by atoms with Crippen LogP contribution in [0.2, 0.25) is 0 Å². The predicted molar refractivity (Wildman–Crippen MR) is 68.5 cm³/mol. The third-order valence-electron chi connectivity index (χ3n) is 3.34. The molecule has 1 aliphatic rings. The van der Waals surface area contributed by atoms with Crippen LogP contribution in [0.3, 0.4) is 0 Å². The maximum atomic E-state index is 12.0. The summed E-state index contributed by atoms with van der Waals surface area (Å²) < 4.78 is 9.15. The van der Waals surface area contributed by atoms with Crippen molar-refractivity contribution in [3.8, 4) is 0 Å². The van der Waals surface area contributed by atoms with Crippen LogP contribution in [-0.4, -0.2) is 43.0 Å². The number of methoxy groups -OCH3 is 2. The van der Waals surface area contributed by atoms with Gasteiger partial charge in [0.25, 0.3) is 0 Å². The van der Waals surface area contributed by atoms with Gasteiger partial charge in [-0.2, -0.15) is 0 Å². The number of rotatable bonds is 1. The van der Waals surface area contributed by atoms with Crippen LogP contribution < -0.4 is 0 Å². The smallest absolute Gasteiger partial charge is 0.396 e. The number of nitrogens with zero attached hydrogens (tertiary/aromatic N) is 1. The first-order chi connectivity index (χ1) is 9.58. The molecule has 1 aromatic rings. The highest BCUT2D eigenvalue weighted by Crippen LogP contribution is 2.24. The van der Waals surface area contributed by atoms with Crippen molar-refractivity contribution in [2.24, 2.45) is 0 Å². The minimum atomic E-state index is -0.988. The Hall–Kier alpha value is -2.37. The first-order valence-electron chi connectivity index (χ1n) is 6.12. The van der Waals surface area contributed by atoms with E-state index in [1.54, 1.807) is 0 Å². The fraction of sp³-hybridized carbons (Fsp3) is 0.357. The lowest BCUT2D eigenvalue weighted by Gasteiger charge is -2.34. The van der Waals surface area contributed by atoms with Gasteiger partial charge in [-0.05, 0) is 11.1 Å². The Morgan fingerprint density at radius 1 is 1.10 bits per heavy atom. The van der Waals surface area contributed by atoms with E-state index in [4.69, 9.17) is 4.74 Å². The summed E-state index contributed by atoms with van der Waals surface area (Å²) in [6.07, 6.45) is 0.325. The highest BCUT2D eigenvalue weighted by Gasteiger charge is 2.38. The van der Waals surface area contributed by atoms with Gasteiger partial charge in [-0.1, -0.05) is 24.3 Å². The molecule has 2 rings (SSSR count). The van der Waals surface area contributed by atoms with Gasteiger partial charge in [-0.25, -0.2) is 9.59 Å². The standard InChI is InChI=1S/C14H15NO5/c1-19-13(17)11-7-9-5-3-4-6-10(9)8-15(11)12(16)14(18)20-2/h3-6,11H,7-8H2,1-2H3/t11-/m0/s1. The molecule has 1 amide bonds. The Bertz CT molecular complexity index is 554. The number of benzene rings is 1. The van der Waals surface area contributed by atoms with Gasteiger partial charge in [0.2, 0.25) is 0 Å². The highest BCUT2D eigenvalue weighted by molar-refractivity contribution is 6.32. The number of hydrogen-bond donors (Lipinski definition) is 0. The molecule has 1 aliphatic heterocycles. The van der Waals surface area contributed by atoms with E-state index in [-0.39, 0.29) is 6.54 Å². The van der Waals surface area contributed by atoms with Gasteiger partial charge >= 0.3 is 17.8 Å². The van der Waals surface area contributed by atoms with Crippen molar-refractivity contribution in [1.29, 1.82) is 0 Å². The van der Waals surface area contributed by atoms with Crippen LogP contribution in [0.4, 0.5) is 0 Å². The van der Waals surface area contributed by atoms with E-state index >= 15 is 0 Å². The molecule has 6 nitrogen and oxygen atoms in total. The lowest BCUT2D eigenvalue weighted by molar-refractivity contribution is -0.164. The third kappa shape index (κ3) is 2.49. The highest BCUT2D eigenvalue weighted by atomic mass is 16.5. The molecule has 106 valence electrons. The second-order valence-electron chi connectivity index (χ2n) is 4.44. The molecule has 6 heteroatoms. The summed E-state index contributed by atoms with van der Waals surface area (Å²) in [6.45, 7) is 0.184. The number of fused-ring (bicyclic) bond motifs is 1. The molecule has 0 radical (unpaired) electrons. The Kier molecular flexibility index (Phi) is 4.02. The molecular weight excluding hydrogens is 262 g/mol. The summed E-state index contributed by atoms with van der Waals surface area (Å²) in [5.41, 5.74) is 1.88. The van der Waals surface area contributed by atoms with E-state index in [0.29, 0.717) is 6.42 Å². The third-order valence-corrected chi connectivity index (χ3v) is 3.34. The van der Waals surface area contributed by atoms with Gasteiger partial charge in [0.15, 0.2) is 0 Å². The van der Waals surface area contributed by atoms with Gasteiger partial charge < -0.3 is 14.4 Å². The maximum absolute atomic E-state index is 12.0. The second-order valence-corrected chi connectivity index (χ2v) is 4.44. The summed E-state index contributed by atoms with van der Waals surface area (Å²) in [4.78, 5) is 36.5. The molecule has 0 bridgehead atoms. The van der Waals surface area contributed by atoms with Crippen LogP contribution in [0.15, 0.2) is 24.3 Å². The number of ether oxygens (including phenoxy) is 2. The SMILES string of the molecule is COC(=O)C(=O)N1Cc2ccccc2C[C@H]1C(=O)OC. The first-order valence-corrected chi connectivity index (χ1v) is 6.12. The zero-order valence-corrected chi connectivity index (χ0v) is 11.3. The maximum Gasteiger partial charge on any atom is 0.396 e. The van der Waals surface area contributed by atoms with Crippen molar-refractivity contribution < 1.29 is 23.9 Å². The average molecular weight is 277 g/mol. The summed E-state index contributed by atoms with van der Waals surface area (Å²) in [6, 6.07) is 6.66. The van der Waals surface area contributed by atoms with Crippen LogP contribution in [0, 0.1) is 0 Å². The molecule has 20 heavy (non-hydrogen) atoms. The van der Waals surface area contributed by atoms with Crippen LogP contribution >= 0.6 is 0 Å². The Morgan fingerprint density at radius 2 is 1.75 bits per heavy atom. The summed E-state index contributed by atoms with van der Waals surface area (Å²) in [5.74, 6) is -2.37. The zero-order chi connectivity index (χ0) is 14.7. The van der Waals surface area contributed by atoms with Gasteiger partial charge in [-0.15, -0.1) is 0 Å². The molecular formula is C14H15NO5. The van der Waals surface area contributed by atoms with Crippen LogP contribution in [0.5, 0.6) is 0 Å². The molecule has 1 aromatic carbocycles. The number of esters is 2. The van der Waals surface area contributed by atoms with Gasteiger partial charge in [-0.3, -0.25) is 4.79 Å². The van der Waals surface area contributed by atoms with Crippen molar-refractivity contribution in [3.05, 3.63) is 35.4 Å². The number of carbonyl (C=O) groups is 3. The first kappa shape index (κ1) is 14.0. The summed E-state index contributed by atoms with van der Waals surface area (Å²) in [5, 5.41) is 0. The number of amides is 1. The van der Waals surface area contributed by atoms with E-state index in [2.05, 4.69) is 4.74 Å². The summed E-state index contributed by atoms with van der Waals surface area (Å²) >= 11 is 0. The van der Waals surface area contributed by atoms with Crippen LogP contribution in [0.25, 0.3) is 0 Å². The molecule has 0 N–H and O–H groups in total. The minimum Gasteiger partial charge on any atom is -0.467 e. The molecule has 1 atom stereocenters. The Balaban J connectivity index is 2.35. The topological polar surface area (TPSA) is 72.9 Å². The van der Waals surface area contributed by atoms with Crippen molar-refractivity contribution in [3.63, 3.8) is 0 Å². The van der Waals surface area contributed by atoms with Crippen molar-refractivity contribution >= 4 is 17.8 Å². The molecule has 0 unspecified atom stereocenters. The van der Waals surface area contributed by atoms with E-state index in [9.17, 15) is 14.4 Å². The molecule has 0 saturated carbocycles. The van der Waals surface area contributed by atoms with E-state index in [0.717, 1.165) is 18.2 Å². The van der Waals surface area contributed by atoms with E-state index in [1.807, 2.05) is 24.3 Å². The number of carbonyl (C=O) groups excluding carboxylic acids is 3. The fourth-order valence-corrected chi connectivity index (χ4v) is 2.29. The van der Waals surface area contributed by atoms with E-state index in [1.165, 1.54) is 12.0 Å². The van der Waals surface area contributed by atoms with Gasteiger partial charge in [0.05, 0.1) is 14.2 Å². The normalized spacial score (nSPS) is 17.1. The largest absolute Gasteiger partial charge is 0.467 e. The molecule has 1 heterocycles. The summed E-state index contributed by atoms with van der Waals surface area (Å²) in [7, 11) is 2.38. The molecule has 0 fully saturated rings. The molecule has 0 saturated heterocycles.